The van der Waals surface area contributed by atoms with E-state index in [-0.39, 0.29) is 12.1 Å². The molecule has 2 aromatic heterocycles. The SMILES string of the molecule is Cc1ccc(Nc2c(C#N)cnc3c(Cl)cc(N[C@H](C4=CN(C(C)C)NN4)c4ccc(Cl)nc4C)cc23)cc1Cl. The van der Waals surface area contributed by atoms with Crippen LogP contribution in [0.2, 0.25) is 15.2 Å². The maximum atomic E-state index is 9.90. The molecular formula is C29H27Cl3N8. The first-order valence-electron chi connectivity index (χ1n) is 12.6. The van der Waals surface area contributed by atoms with Gasteiger partial charge in [-0.05, 0) is 63.6 Å². The van der Waals surface area contributed by atoms with Crippen LogP contribution in [0.3, 0.4) is 0 Å². The van der Waals surface area contributed by atoms with Gasteiger partial charge in [-0.25, -0.2) is 4.98 Å². The smallest absolute Gasteiger partial charge is 0.129 e. The Bertz CT molecular complexity index is 1680. The van der Waals surface area contributed by atoms with E-state index in [1.54, 1.807) is 6.07 Å². The molecule has 0 aliphatic carbocycles. The second kappa shape index (κ2) is 11.4. The number of aromatic nitrogens is 2. The van der Waals surface area contributed by atoms with Crippen LogP contribution in [0.15, 0.2) is 60.6 Å². The Kier molecular flexibility index (Phi) is 7.92. The van der Waals surface area contributed by atoms with Crippen LogP contribution in [0.4, 0.5) is 17.1 Å². The molecule has 0 radical (unpaired) electrons. The van der Waals surface area contributed by atoms with Gasteiger partial charge >= 0.3 is 0 Å². The summed E-state index contributed by atoms with van der Waals surface area (Å²) in [5.74, 6) is 0. The predicted molar refractivity (Wildman–Crippen MR) is 163 cm³/mol. The lowest BCUT2D eigenvalue weighted by Crippen LogP contribution is -2.41. The van der Waals surface area contributed by atoms with Gasteiger partial charge < -0.3 is 16.1 Å². The number of hydrazine groups is 2. The van der Waals surface area contributed by atoms with Gasteiger partial charge in [0.15, 0.2) is 0 Å². The first-order valence-corrected chi connectivity index (χ1v) is 13.7. The van der Waals surface area contributed by atoms with Gasteiger partial charge in [0.05, 0.1) is 33.5 Å². The first kappa shape index (κ1) is 27.8. The van der Waals surface area contributed by atoms with Gasteiger partial charge in [-0.1, -0.05) is 46.9 Å². The van der Waals surface area contributed by atoms with Gasteiger partial charge in [-0.2, -0.15) is 5.26 Å². The number of nitrogens with zero attached hydrogens (tertiary/aromatic N) is 4. The standard InChI is InChI=1S/C29H27Cl3N8/c1-15(2)40-14-25(38-39-40)29(21-7-8-26(32)35-17(21)4)37-20-9-22-27(36-19-6-5-16(3)23(30)10-19)18(12-33)13-34-28(22)24(31)11-20/h5-11,13-15,29,37-39H,1-4H3,(H,34,36)/t29-/m0/s1. The van der Waals surface area contributed by atoms with Crippen LogP contribution in [0.25, 0.3) is 10.9 Å². The minimum atomic E-state index is -0.325. The summed E-state index contributed by atoms with van der Waals surface area (Å²) in [5, 5.41) is 21.0. The maximum Gasteiger partial charge on any atom is 0.129 e. The van der Waals surface area contributed by atoms with Crippen LogP contribution in [0, 0.1) is 25.2 Å². The molecule has 0 bridgehead atoms. The number of hydrogen-bond donors (Lipinski definition) is 4. The third-order valence-electron chi connectivity index (χ3n) is 6.68. The summed E-state index contributed by atoms with van der Waals surface area (Å²) >= 11 is 19.3. The van der Waals surface area contributed by atoms with Gasteiger partial charge in [-0.15, -0.1) is 5.53 Å². The summed E-state index contributed by atoms with van der Waals surface area (Å²) < 4.78 is 0. The average Bonchev–Trinajstić information content (AvgIpc) is 3.41. The largest absolute Gasteiger partial charge is 0.373 e. The molecule has 11 heteroatoms. The van der Waals surface area contributed by atoms with Crippen molar-refractivity contribution in [1.29, 1.82) is 5.26 Å². The highest BCUT2D eigenvalue weighted by atomic mass is 35.5. The summed E-state index contributed by atoms with van der Waals surface area (Å²) in [7, 11) is 0. The quantitative estimate of drug-likeness (QED) is 0.163. The summed E-state index contributed by atoms with van der Waals surface area (Å²) in [4.78, 5) is 8.95. The number of fused-ring (bicyclic) bond motifs is 1. The molecule has 1 aliphatic rings. The van der Waals surface area contributed by atoms with Gasteiger partial charge in [0.1, 0.15) is 11.2 Å². The van der Waals surface area contributed by atoms with Crippen molar-refractivity contribution in [3.8, 4) is 6.07 Å². The van der Waals surface area contributed by atoms with Crippen LogP contribution in [-0.2, 0) is 0 Å². The Labute approximate surface area is 247 Å². The van der Waals surface area contributed by atoms with E-state index in [1.165, 1.54) is 6.20 Å². The first-order chi connectivity index (χ1) is 19.1. The summed E-state index contributed by atoms with van der Waals surface area (Å²) in [5.41, 5.74) is 13.0. The molecule has 0 fully saturated rings. The summed E-state index contributed by atoms with van der Waals surface area (Å²) in [6.07, 6.45) is 3.53. The van der Waals surface area contributed by atoms with Crippen LogP contribution >= 0.6 is 34.8 Å². The highest BCUT2D eigenvalue weighted by Gasteiger charge is 2.26. The van der Waals surface area contributed by atoms with Crippen molar-refractivity contribution in [3.05, 3.63) is 98.1 Å². The Balaban J connectivity index is 1.61. The second-order valence-electron chi connectivity index (χ2n) is 9.81. The molecular weight excluding hydrogens is 567 g/mol. The number of anilines is 3. The van der Waals surface area contributed by atoms with Crippen LogP contribution in [-0.4, -0.2) is 21.0 Å². The third kappa shape index (κ3) is 5.60. The van der Waals surface area contributed by atoms with Gasteiger partial charge in [0.2, 0.25) is 0 Å². The van der Waals surface area contributed by atoms with E-state index in [9.17, 15) is 5.26 Å². The fraction of sp³-hybridized carbons (Fsp3) is 0.207. The number of hydrogen-bond acceptors (Lipinski definition) is 8. The number of rotatable bonds is 7. The highest BCUT2D eigenvalue weighted by Crippen LogP contribution is 2.37. The Morgan fingerprint density at radius 2 is 1.77 bits per heavy atom. The number of nitriles is 1. The summed E-state index contributed by atoms with van der Waals surface area (Å²) in [6.45, 7) is 8.03. The van der Waals surface area contributed by atoms with E-state index in [2.05, 4.69) is 51.5 Å². The minimum absolute atomic E-state index is 0.226. The molecule has 0 spiro atoms. The molecule has 4 N–H and O–H groups in total. The highest BCUT2D eigenvalue weighted by molar-refractivity contribution is 6.36. The maximum absolute atomic E-state index is 9.90. The molecule has 3 heterocycles. The van der Waals surface area contributed by atoms with E-state index >= 15 is 0 Å². The fourth-order valence-corrected chi connectivity index (χ4v) is 5.12. The number of pyridine rings is 2. The second-order valence-corrected chi connectivity index (χ2v) is 11.0. The van der Waals surface area contributed by atoms with Crippen molar-refractivity contribution in [3.63, 3.8) is 0 Å². The zero-order chi connectivity index (χ0) is 28.6. The zero-order valence-corrected chi connectivity index (χ0v) is 24.5. The molecule has 0 amide bonds. The zero-order valence-electron chi connectivity index (χ0n) is 22.3. The van der Waals surface area contributed by atoms with Crippen molar-refractivity contribution in [2.24, 2.45) is 0 Å². The molecule has 2 aromatic carbocycles. The molecule has 1 atom stereocenters. The van der Waals surface area contributed by atoms with Crippen molar-refractivity contribution < 1.29 is 0 Å². The predicted octanol–water partition coefficient (Wildman–Crippen LogP) is 7.55. The number of aryl methyl sites for hydroxylation is 2. The molecule has 40 heavy (non-hydrogen) atoms. The van der Waals surface area contributed by atoms with Gasteiger partial charge in [0, 0.05) is 51.5 Å². The Morgan fingerprint density at radius 1 is 1.00 bits per heavy atom. The van der Waals surface area contributed by atoms with E-state index in [1.807, 2.05) is 61.5 Å². The number of benzene rings is 2. The van der Waals surface area contributed by atoms with Crippen molar-refractivity contribution in [1.82, 2.24) is 25.9 Å². The molecule has 0 saturated carbocycles. The van der Waals surface area contributed by atoms with Crippen molar-refractivity contribution in [2.45, 2.75) is 39.8 Å². The lowest BCUT2D eigenvalue weighted by molar-refractivity contribution is 0.221. The number of halogens is 3. The van der Waals surface area contributed by atoms with E-state index < -0.39 is 0 Å². The molecule has 1 aliphatic heterocycles. The fourth-order valence-electron chi connectivity index (χ4n) is 4.48. The molecule has 5 rings (SSSR count). The molecule has 0 unspecified atom stereocenters. The lowest BCUT2D eigenvalue weighted by atomic mass is 10.0. The lowest BCUT2D eigenvalue weighted by Gasteiger charge is -2.23. The van der Waals surface area contributed by atoms with Crippen molar-refractivity contribution >= 4 is 62.8 Å². The molecule has 4 aromatic rings. The topological polar surface area (TPSA) is 101 Å². The minimum Gasteiger partial charge on any atom is -0.373 e. The monoisotopic (exact) mass is 592 g/mol. The molecule has 204 valence electrons. The van der Waals surface area contributed by atoms with Gasteiger partial charge in [0.25, 0.3) is 0 Å². The van der Waals surface area contributed by atoms with E-state index in [4.69, 9.17) is 34.8 Å². The van der Waals surface area contributed by atoms with E-state index in [0.717, 1.165) is 33.9 Å². The van der Waals surface area contributed by atoms with Crippen LogP contribution in [0.5, 0.6) is 0 Å². The Morgan fingerprint density at radius 3 is 2.45 bits per heavy atom. The summed E-state index contributed by atoms with van der Waals surface area (Å²) in [6, 6.07) is 15.3. The molecule has 8 nitrogen and oxygen atoms in total. The van der Waals surface area contributed by atoms with Crippen LogP contribution < -0.4 is 21.6 Å². The normalized spacial score (nSPS) is 13.7. The van der Waals surface area contributed by atoms with E-state index in [0.29, 0.717) is 37.4 Å². The third-order valence-corrected chi connectivity index (χ3v) is 7.58. The van der Waals surface area contributed by atoms with Gasteiger partial charge in [-0.3, -0.25) is 9.99 Å². The van der Waals surface area contributed by atoms with Crippen LogP contribution in [0.1, 0.15) is 42.3 Å². The Hall–Kier alpha value is -3.74. The average molecular weight is 594 g/mol. The molecule has 0 saturated heterocycles. The van der Waals surface area contributed by atoms with Crippen molar-refractivity contribution in [2.75, 3.05) is 10.6 Å². The number of nitrogens with one attached hydrogen (secondary N) is 4.